The highest BCUT2D eigenvalue weighted by molar-refractivity contribution is 5.84. The average Bonchev–Trinajstić information content (AvgIpc) is 2.81. The summed E-state index contributed by atoms with van der Waals surface area (Å²) < 4.78 is 0. The van der Waals surface area contributed by atoms with Gasteiger partial charge in [-0.2, -0.15) is 5.10 Å². The van der Waals surface area contributed by atoms with Gasteiger partial charge in [-0.25, -0.2) is 0 Å². The summed E-state index contributed by atoms with van der Waals surface area (Å²) in [5.41, 5.74) is 4.02. The van der Waals surface area contributed by atoms with Gasteiger partial charge in [-0.1, -0.05) is 6.92 Å². The second-order valence-corrected chi connectivity index (χ2v) is 3.88. The summed E-state index contributed by atoms with van der Waals surface area (Å²) in [4.78, 5) is 8.51. The molecule has 0 spiro atoms. The molecule has 0 bridgehead atoms. The Bertz CT molecular complexity index is 643. The normalized spacial score (nSPS) is 10.9. The van der Waals surface area contributed by atoms with E-state index in [9.17, 15) is 0 Å². The number of nitrogens with one attached hydrogen (secondary N) is 1. The van der Waals surface area contributed by atoms with Gasteiger partial charge in [0.05, 0.1) is 11.9 Å². The molecule has 0 fully saturated rings. The SMILES string of the molecule is CCc1[nH]nc2cnc(-c3cccnc3)cc12. The molecule has 17 heavy (non-hydrogen) atoms. The molecule has 0 aliphatic carbocycles. The summed E-state index contributed by atoms with van der Waals surface area (Å²) in [6.07, 6.45) is 6.32. The van der Waals surface area contributed by atoms with Gasteiger partial charge in [0.15, 0.2) is 0 Å². The van der Waals surface area contributed by atoms with E-state index in [4.69, 9.17) is 0 Å². The molecule has 4 nitrogen and oxygen atoms in total. The number of H-pyrrole nitrogens is 1. The van der Waals surface area contributed by atoms with Gasteiger partial charge in [-0.3, -0.25) is 15.1 Å². The van der Waals surface area contributed by atoms with Crippen molar-refractivity contribution >= 4 is 10.9 Å². The molecule has 0 unspecified atom stereocenters. The fourth-order valence-electron chi connectivity index (χ4n) is 1.91. The monoisotopic (exact) mass is 224 g/mol. The molecule has 3 heterocycles. The van der Waals surface area contributed by atoms with Crippen LogP contribution >= 0.6 is 0 Å². The van der Waals surface area contributed by atoms with Crippen LogP contribution in [0.15, 0.2) is 36.8 Å². The fourth-order valence-corrected chi connectivity index (χ4v) is 1.91. The molecule has 0 saturated carbocycles. The Hall–Kier alpha value is -2.23. The van der Waals surface area contributed by atoms with E-state index in [1.807, 2.05) is 18.3 Å². The highest BCUT2D eigenvalue weighted by Crippen LogP contribution is 2.22. The first-order valence-electron chi connectivity index (χ1n) is 5.62. The van der Waals surface area contributed by atoms with E-state index in [-0.39, 0.29) is 0 Å². The quantitative estimate of drug-likeness (QED) is 0.727. The van der Waals surface area contributed by atoms with E-state index < -0.39 is 0 Å². The van der Waals surface area contributed by atoms with E-state index in [0.717, 1.165) is 34.3 Å². The minimum absolute atomic E-state index is 0.912. The van der Waals surface area contributed by atoms with Gasteiger partial charge in [0.25, 0.3) is 0 Å². The smallest absolute Gasteiger partial charge is 0.111 e. The highest BCUT2D eigenvalue weighted by atomic mass is 15.1. The lowest BCUT2D eigenvalue weighted by Crippen LogP contribution is -1.85. The second-order valence-electron chi connectivity index (χ2n) is 3.88. The van der Waals surface area contributed by atoms with Gasteiger partial charge in [0.1, 0.15) is 5.52 Å². The van der Waals surface area contributed by atoms with Crippen molar-refractivity contribution in [1.82, 2.24) is 20.2 Å². The molecule has 0 aromatic carbocycles. The molecular weight excluding hydrogens is 212 g/mol. The van der Waals surface area contributed by atoms with Gasteiger partial charge in [0, 0.05) is 29.0 Å². The molecule has 4 heteroatoms. The Labute approximate surface area is 98.7 Å². The molecule has 0 saturated heterocycles. The summed E-state index contributed by atoms with van der Waals surface area (Å²) >= 11 is 0. The minimum atomic E-state index is 0.912. The molecule has 1 N–H and O–H groups in total. The van der Waals surface area contributed by atoms with Crippen LogP contribution in [0.3, 0.4) is 0 Å². The highest BCUT2D eigenvalue weighted by Gasteiger charge is 2.06. The zero-order valence-electron chi connectivity index (χ0n) is 9.51. The molecule has 3 aromatic heterocycles. The van der Waals surface area contributed by atoms with Crippen LogP contribution in [0.4, 0.5) is 0 Å². The summed E-state index contributed by atoms with van der Waals surface area (Å²) in [5.74, 6) is 0. The fraction of sp³-hybridized carbons (Fsp3) is 0.154. The van der Waals surface area contributed by atoms with Gasteiger partial charge in [0.2, 0.25) is 0 Å². The maximum Gasteiger partial charge on any atom is 0.111 e. The van der Waals surface area contributed by atoms with Crippen molar-refractivity contribution in [3.63, 3.8) is 0 Å². The Morgan fingerprint density at radius 2 is 2.24 bits per heavy atom. The van der Waals surface area contributed by atoms with Gasteiger partial charge in [-0.05, 0) is 24.6 Å². The lowest BCUT2D eigenvalue weighted by molar-refractivity contribution is 0.988. The Morgan fingerprint density at radius 3 is 3.00 bits per heavy atom. The van der Waals surface area contributed by atoms with Crippen LogP contribution < -0.4 is 0 Å². The van der Waals surface area contributed by atoms with Crippen molar-refractivity contribution in [1.29, 1.82) is 0 Å². The maximum atomic E-state index is 4.40. The largest absolute Gasteiger partial charge is 0.281 e. The Balaban J connectivity index is 2.19. The zero-order valence-corrected chi connectivity index (χ0v) is 9.51. The summed E-state index contributed by atoms with van der Waals surface area (Å²) in [6, 6.07) is 5.98. The first-order chi connectivity index (χ1) is 8.38. The average molecular weight is 224 g/mol. The molecule has 0 aliphatic heterocycles. The Kier molecular flexibility index (Phi) is 2.33. The second kappa shape index (κ2) is 3.97. The van der Waals surface area contributed by atoms with Crippen molar-refractivity contribution < 1.29 is 0 Å². The number of aromatic nitrogens is 4. The van der Waals surface area contributed by atoms with Crippen LogP contribution in [0.25, 0.3) is 22.2 Å². The molecule has 84 valence electrons. The van der Waals surface area contributed by atoms with Crippen LogP contribution in [0.5, 0.6) is 0 Å². The third-order valence-corrected chi connectivity index (χ3v) is 2.83. The molecule has 0 amide bonds. The first-order valence-corrected chi connectivity index (χ1v) is 5.62. The van der Waals surface area contributed by atoms with Gasteiger partial charge >= 0.3 is 0 Å². The van der Waals surface area contributed by atoms with E-state index in [2.05, 4.69) is 33.2 Å². The maximum absolute atomic E-state index is 4.40. The molecule has 3 aromatic rings. The lowest BCUT2D eigenvalue weighted by Gasteiger charge is -2.00. The summed E-state index contributed by atoms with van der Waals surface area (Å²) in [6.45, 7) is 2.11. The van der Waals surface area contributed by atoms with E-state index in [0.29, 0.717) is 0 Å². The van der Waals surface area contributed by atoms with Crippen LogP contribution in [0.2, 0.25) is 0 Å². The van der Waals surface area contributed by atoms with E-state index in [1.54, 1.807) is 12.4 Å². The standard InChI is InChI=1S/C13H12N4/c1-2-11-10-6-12(9-4-3-5-14-7-9)15-8-13(10)17-16-11/h3-8H,2H2,1H3,(H,16,17). The van der Waals surface area contributed by atoms with Crippen LogP contribution in [-0.2, 0) is 6.42 Å². The number of aromatic amines is 1. The summed E-state index contributed by atoms with van der Waals surface area (Å²) in [7, 11) is 0. The molecule has 0 radical (unpaired) electrons. The third-order valence-electron chi connectivity index (χ3n) is 2.83. The van der Waals surface area contributed by atoms with Crippen molar-refractivity contribution in [2.45, 2.75) is 13.3 Å². The molecule has 3 rings (SSSR count). The number of fused-ring (bicyclic) bond motifs is 1. The molecular formula is C13H12N4. The topological polar surface area (TPSA) is 54.5 Å². The van der Waals surface area contributed by atoms with Crippen molar-refractivity contribution in [2.75, 3.05) is 0 Å². The number of pyridine rings is 2. The zero-order chi connectivity index (χ0) is 11.7. The Morgan fingerprint density at radius 1 is 1.29 bits per heavy atom. The number of hydrogen-bond donors (Lipinski definition) is 1. The van der Waals surface area contributed by atoms with E-state index >= 15 is 0 Å². The van der Waals surface area contributed by atoms with Gasteiger partial charge < -0.3 is 0 Å². The van der Waals surface area contributed by atoms with Crippen LogP contribution in [0, 0.1) is 0 Å². The third kappa shape index (κ3) is 1.67. The number of rotatable bonds is 2. The predicted molar refractivity (Wildman–Crippen MR) is 66.5 cm³/mol. The number of hydrogen-bond acceptors (Lipinski definition) is 3. The number of aryl methyl sites for hydroxylation is 1. The summed E-state index contributed by atoms with van der Waals surface area (Å²) in [5, 5.41) is 8.40. The minimum Gasteiger partial charge on any atom is -0.281 e. The van der Waals surface area contributed by atoms with Crippen molar-refractivity contribution in [3.8, 4) is 11.3 Å². The first kappa shape index (κ1) is 9.96. The lowest BCUT2D eigenvalue weighted by atomic mass is 10.1. The van der Waals surface area contributed by atoms with Crippen molar-refractivity contribution in [3.05, 3.63) is 42.5 Å². The number of nitrogens with zero attached hydrogens (tertiary/aromatic N) is 3. The van der Waals surface area contributed by atoms with E-state index in [1.165, 1.54) is 0 Å². The van der Waals surface area contributed by atoms with Crippen LogP contribution in [-0.4, -0.2) is 20.2 Å². The van der Waals surface area contributed by atoms with Crippen LogP contribution in [0.1, 0.15) is 12.6 Å². The predicted octanol–water partition coefficient (Wildman–Crippen LogP) is 2.58. The molecule has 0 aliphatic rings. The molecule has 0 atom stereocenters. The van der Waals surface area contributed by atoms with Crippen molar-refractivity contribution in [2.24, 2.45) is 0 Å². The van der Waals surface area contributed by atoms with Gasteiger partial charge in [-0.15, -0.1) is 0 Å².